The van der Waals surface area contributed by atoms with Crippen molar-refractivity contribution in [2.75, 3.05) is 37.0 Å². The standard InChI is InChI=1S/C15H21N3O3/c1-11-5-6-12(17-15(20)16-7-9-21-2)10-13(11)18-8-3-4-14(18)19/h5-6,10H,3-4,7-9H2,1-2H3,(H2,16,17,20). The van der Waals surface area contributed by atoms with E-state index in [0.717, 1.165) is 24.2 Å². The van der Waals surface area contributed by atoms with Crippen molar-refractivity contribution in [1.82, 2.24) is 5.32 Å². The Morgan fingerprint density at radius 2 is 2.24 bits per heavy atom. The molecule has 1 aliphatic heterocycles. The molecule has 0 bridgehead atoms. The van der Waals surface area contributed by atoms with Crippen LogP contribution >= 0.6 is 0 Å². The zero-order valence-corrected chi connectivity index (χ0v) is 12.4. The number of ether oxygens (including phenoxy) is 1. The second kappa shape index (κ2) is 7.08. The second-order valence-electron chi connectivity index (χ2n) is 5.02. The zero-order chi connectivity index (χ0) is 15.2. The number of rotatable bonds is 5. The number of urea groups is 1. The van der Waals surface area contributed by atoms with E-state index in [1.165, 1.54) is 0 Å². The van der Waals surface area contributed by atoms with E-state index >= 15 is 0 Å². The third-order valence-corrected chi connectivity index (χ3v) is 3.42. The maximum Gasteiger partial charge on any atom is 0.319 e. The van der Waals surface area contributed by atoms with Gasteiger partial charge in [-0.05, 0) is 31.0 Å². The molecule has 1 aromatic rings. The average molecular weight is 291 g/mol. The minimum atomic E-state index is -0.283. The van der Waals surface area contributed by atoms with Crippen LogP contribution in [0.25, 0.3) is 0 Å². The van der Waals surface area contributed by atoms with E-state index in [1.807, 2.05) is 25.1 Å². The van der Waals surface area contributed by atoms with Gasteiger partial charge in [0.15, 0.2) is 0 Å². The van der Waals surface area contributed by atoms with Gasteiger partial charge in [-0.15, -0.1) is 0 Å². The van der Waals surface area contributed by atoms with Crippen molar-refractivity contribution in [2.24, 2.45) is 0 Å². The van der Waals surface area contributed by atoms with Gasteiger partial charge in [-0.25, -0.2) is 4.79 Å². The number of nitrogens with zero attached hydrogens (tertiary/aromatic N) is 1. The summed E-state index contributed by atoms with van der Waals surface area (Å²) >= 11 is 0. The molecule has 0 saturated carbocycles. The lowest BCUT2D eigenvalue weighted by Gasteiger charge is -2.19. The predicted molar refractivity (Wildman–Crippen MR) is 81.7 cm³/mol. The summed E-state index contributed by atoms with van der Waals surface area (Å²) < 4.78 is 4.87. The molecule has 114 valence electrons. The normalized spacial score (nSPS) is 14.4. The van der Waals surface area contributed by atoms with Gasteiger partial charge in [0, 0.05) is 38.0 Å². The zero-order valence-electron chi connectivity index (χ0n) is 12.4. The first-order valence-corrected chi connectivity index (χ1v) is 7.06. The van der Waals surface area contributed by atoms with Crippen LogP contribution in [0, 0.1) is 6.92 Å². The molecule has 0 spiro atoms. The van der Waals surface area contributed by atoms with E-state index in [2.05, 4.69) is 10.6 Å². The first-order chi connectivity index (χ1) is 10.1. The Kier molecular flexibility index (Phi) is 5.16. The van der Waals surface area contributed by atoms with Crippen molar-refractivity contribution in [2.45, 2.75) is 19.8 Å². The minimum Gasteiger partial charge on any atom is -0.383 e. The Balaban J connectivity index is 2.04. The van der Waals surface area contributed by atoms with Gasteiger partial charge >= 0.3 is 6.03 Å². The molecule has 6 heteroatoms. The van der Waals surface area contributed by atoms with Crippen LogP contribution in [0.4, 0.5) is 16.2 Å². The number of carbonyl (C=O) groups excluding carboxylic acids is 2. The van der Waals surface area contributed by atoms with Crippen molar-refractivity contribution >= 4 is 23.3 Å². The highest BCUT2D eigenvalue weighted by Gasteiger charge is 2.23. The molecule has 1 fully saturated rings. The third-order valence-electron chi connectivity index (χ3n) is 3.42. The summed E-state index contributed by atoms with van der Waals surface area (Å²) in [6.45, 7) is 3.62. The van der Waals surface area contributed by atoms with E-state index in [0.29, 0.717) is 25.3 Å². The fraction of sp³-hybridized carbons (Fsp3) is 0.467. The molecule has 21 heavy (non-hydrogen) atoms. The number of hydrogen-bond acceptors (Lipinski definition) is 3. The maximum absolute atomic E-state index is 11.8. The molecule has 2 rings (SSSR count). The van der Waals surface area contributed by atoms with Gasteiger partial charge in [0.1, 0.15) is 0 Å². The third kappa shape index (κ3) is 3.95. The number of hydrogen-bond donors (Lipinski definition) is 2. The molecule has 0 radical (unpaired) electrons. The van der Waals surface area contributed by atoms with Crippen LogP contribution in [-0.4, -0.2) is 38.7 Å². The Labute approximate surface area is 124 Å². The van der Waals surface area contributed by atoms with Crippen molar-refractivity contribution in [3.8, 4) is 0 Å². The van der Waals surface area contributed by atoms with Gasteiger partial charge in [0.05, 0.1) is 6.61 Å². The summed E-state index contributed by atoms with van der Waals surface area (Å²) in [6.07, 6.45) is 1.47. The summed E-state index contributed by atoms with van der Waals surface area (Å²) in [7, 11) is 1.58. The van der Waals surface area contributed by atoms with Crippen LogP contribution in [-0.2, 0) is 9.53 Å². The summed E-state index contributed by atoms with van der Waals surface area (Å²) in [5.74, 6) is 0.139. The van der Waals surface area contributed by atoms with Gasteiger partial charge < -0.3 is 20.3 Å². The van der Waals surface area contributed by atoms with Gasteiger partial charge in [-0.2, -0.15) is 0 Å². The molecule has 3 amide bonds. The molecule has 0 aromatic heterocycles. The van der Waals surface area contributed by atoms with Crippen molar-refractivity contribution in [3.63, 3.8) is 0 Å². The molecule has 0 aliphatic carbocycles. The van der Waals surface area contributed by atoms with Crippen LogP contribution in [0.15, 0.2) is 18.2 Å². The lowest BCUT2D eigenvalue weighted by atomic mass is 10.1. The Bertz CT molecular complexity index is 531. The number of nitrogens with one attached hydrogen (secondary N) is 2. The summed E-state index contributed by atoms with van der Waals surface area (Å²) in [5.41, 5.74) is 2.56. The smallest absolute Gasteiger partial charge is 0.319 e. The Hall–Kier alpha value is -2.08. The summed E-state index contributed by atoms with van der Waals surface area (Å²) in [6, 6.07) is 5.30. The van der Waals surface area contributed by atoms with Gasteiger partial charge in [0.25, 0.3) is 0 Å². The molecule has 1 aromatic carbocycles. The van der Waals surface area contributed by atoms with Gasteiger partial charge in [0.2, 0.25) is 5.91 Å². The van der Waals surface area contributed by atoms with E-state index < -0.39 is 0 Å². The van der Waals surface area contributed by atoms with Crippen molar-refractivity contribution in [3.05, 3.63) is 23.8 Å². The Morgan fingerprint density at radius 3 is 2.90 bits per heavy atom. The van der Waals surface area contributed by atoms with Crippen LogP contribution in [0.2, 0.25) is 0 Å². The van der Waals surface area contributed by atoms with Gasteiger partial charge in [-0.3, -0.25) is 4.79 Å². The van der Waals surface area contributed by atoms with E-state index in [-0.39, 0.29) is 11.9 Å². The molecule has 1 heterocycles. The number of carbonyl (C=O) groups is 2. The molecular weight excluding hydrogens is 270 g/mol. The SMILES string of the molecule is COCCNC(=O)Nc1ccc(C)c(N2CCCC2=O)c1. The molecule has 6 nitrogen and oxygen atoms in total. The first-order valence-electron chi connectivity index (χ1n) is 7.06. The number of methoxy groups -OCH3 is 1. The van der Waals surface area contributed by atoms with Crippen LogP contribution < -0.4 is 15.5 Å². The van der Waals surface area contributed by atoms with Crippen molar-refractivity contribution in [1.29, 1.82) is 0 Å². The fourth-order valence-electron chi connectivity index (χ4n) is 2.32. The average Bonchev–Trinajstić information content (AvgIpc) is 2.87. The van der Waals surface area contributed by atoms with Crippen LogP contribution in [0.3, 0.4) is 0 Å². The molecule has 1 aliphatic rings. The topological polar surface area (TPSA) is 70.7 Å². The highest BCUT2D eigenvalue weighted by atomic mass is 16.5. The molecule has 0 atom stereocenters. The second-order valence-corrected chi connectivity index (χ2v) is 5.02. The van der Waals surface area contributed by atoms with E-state index in [1.54, 1.807) is 12.0 Å². The van der Waals surface area contributed by atoms with Crippen LogP contribution in [0.1, 0.15) is 18.4 Å². The monoisotopic (exact) mass is 291 g/mol. The van der Waals surface area contributed by atoms with Crippen molar-refractivity contribution < 1.29 is 14.3 Å². The molecule has 2 N–H and O–H groups in total. The number of aryl methyl sites for hydroxylation is 1. The predicted octanol–water partition coefficient (Wildman–Crippen LogP) is 1.89. The van der Waals surface area contributed by atoms with E-state index in [9.17, 15) is 9.59 Å². The van der Waals surface area contributed by atoms with E-state index in [4.69, 9.17) is 4.74 Å². The van der Waals surface area contributed by atoms with Gasteiger partial charge in [-0.1, -0.05) is 6.07 Å². The fourth-order valence-corrected chi connectivity index (χ4v) is 2.32. The number of amides is 3. The molecule has 0 unspecified atom stereocenters. The highest BCUT2D eigenvalue weighted by Crippen LogP contribution is 2.28. The number of anilines is 2. The highest BCUT2D eigenvalue weighted by molar-refractivity contribution is 5.97. The molecular formula is C15H21N3O3. The largest absolute Gasteiger partial charge is 0.383 e. The Morgan fingerprint density at radius 1 is 1.43 bits per heavy atom. The lowest BCUT2D eigenvalue weighted by molar-refractivity contribution is -0.117. The summed E-state index contributed by atoms with van der Waals surface area (Å²) in [4.78, 5) is 25.3. The number of benzene rings is 1. The quantitative estimate of drug-likeness (QED) is 0.814. The minimum absolute atomic E-state index is 0.139. The summed E-state index contributed by atoms with van der Waals surface area (Å²) in [5, 5.41) is 5.45. The first kappa shape index (κ1) is 15.3. The van der Waals surface area contributed by atoms with Crippen LogP contribution in [0.5, 0.6) is 0 Å². The maximum atomic E-state index is 11.8. The molecule has 1 saturated heterocycles. The lowest BCUT2D eigenvalue weighted by Crippen LogP contribution is -2.31.